The van der Waals surface area contributed by atoms with Crippen molar-refractivity contribution in [1.82, 2.24) is 5.32 Å². The van der Waals surface area contributed by atoms with Crippen LogP contribution in [0.4, 0.5) is 0 Å². The molecule has 1 rings (SSSR count). The molecule has 1 aromatic rings. The van der Waals surface area contributed by atoms with Crippen molar-refractivity contribution in [3.05, 3.63) is 29.3 Å². The Kier molecular flexibility index (Phi) is 10.4. The Bertz CT molecular complexity index is 542. The predicted octanol–water partition coefficient (Wildman–Crippen LogP) is 4.65. The summed E-state index contributed by atoms with van der Waals surface area (Å²) < 4.78 is 5.51. The molecule has 0 heterocycles. The molecule has 0 aromatic heterocycles. The topological polar surface area (TPSA) is 75.6 Å². The molecule has 25 heavy (non-hydrogen) atoms. The van der Waals surface area contributed by atoms with E-state index in [2.05, 4.69) is 12.2 Å². The standard InChI is InChI=1S/C20H31NO4/c1-3-5-7-8-9-10-13-21-19(22)16-11-12-18(25-14-6-4-2)17(15-16)20(23)24/h11-12,15H,3-10,13-14H2,1-2H3,(H,21,22)(H,23,24). The largest absolute Gasteiger partial charge is 0.493 e. The molecule has 140 valence electrons. The number of carbonyl (C=O) groups is 2. The van der Waals surface area contributed by atoms with E-state index in [1.165, 1.54) is 31.7 Å². The van der Waals surface area contributed by atoms with Crippen LogP contribution >= 0.6 is 0 Å². The zero-order valence-corrected chi connectivity index (χ0v) is 15.5. The van der Waals surface area contributed by atoms with Crippen LogP contribution in [0.3, 0.4) is 0 Å². The SMILES string of the molecule is CCCCCCCCNC(=O)c1ccc(OCCCC)c(C(=O)O)c1. The highest BCUT2D eigenvalue weighted by molar-refractivity contribution is 5.98. The zero-order chi connectivity index (χ0) is 18.5. The average molecular weight is 349 g/mol. The molecular weight excluding hydrogens is 318 g/mol. The summed E-state index contributed by atoms with van der Waals surface area (Å²) in [5.41, 5.74) is 0.384. The van der Waals surface area contributed by atoms with Gasteiger partial charge in [-0.15, -0.1) is 0 Å². The van der Waals surface area contributed by atoms with Crippen molar-refractivity contribution in [3.8, 4) is 5.75 Å². The highest BCUT2D eigenvalue weighted by Gasteiger charge is 2.15. The van der Waals surface area contributed by atoms with Crippen LogP contribution in [0, 0.1) is 0 Å². The molecule has 0 radical (unpaired) electrons. The van der Waals surface area contributed by atoms with Crippen LogP contribution in [0.1, 0.15) is 85.9 Å². The highest BCUT2D eigenvalue weighted by Crippen LogP contribution is 2.21. The van der Waals surface area contributed by atoms with E-state index >= 15 is 0 Å². The van der Waals surface area contributed by atoms with Crippen LogP contribution < -0.4 is 10.1 Å². The lowest BCUT2D eigenvalue weighted by molar-refractivity contribution is 0.0692. The lowest BCUT2D eigenvalue weighted by atomic mass is 10.1. The number of hydrogen-bond acceptors (Lipinski definition) is 3. The minimum atomic E-state index is -1.09. The van der Waals surface area contributed by atoms with Gasteiger partial charge in [0.25, 0.3) is 5.91 Å². The number of amides is 1. The molecule has 5 heteroatoms. The van der Waals surface area contributed by atoms with Gasteiger partial charge in [-0.2, -0.15) is 0 Å². The number of carbonyl (C=O) groups excluding carboxylic acids is 1. The molecule has 0 saturated carbocycles. The molecule has 0 unspecified atom stereocenters. The minimum absolute atomic E-state index is 0.0309. The van der Waals surface area contributed by atoms with Crippen molar-refractivity contribution < 1.29 is 19.4 Å². The van der Waals surface area contributed by atoms with Crippen molar-refractivity contribution in [1.29, 1.82) is 0 Å². The minimum Gasteiger partial charge on any atom is -0.493 e. The summed E-state index contributed by atoms with van der Waals surface area (Å²) in [6, 6.07) is 4.57. The van der Waals surface area contributed by atoms with Crippen molar-refractivity contribution in [2.75, 3.05) is 13.2 Å². The van der Waals surface area contributed by atoms with Crippen molar-refractivity contribution >= 4 is 11.9 Å². The zero-order valence-electron chi connectivity index (χ0n) is 15.5. The maximum absolute atomic E-state index is 12.2. The van der Waals surface area contributed by atoms with Gasteiger partial charge in [0.05, 0.1) is 6.61 Å². The molecule has 0 aliphatic rings. The lowest BCUT2D eigenvalue weighted by Gasteiger charge is -2.11. The highest BCUT2D eigenvalue weighted by atomic mass is 16.5. The van der Waals surface area contributed by atoms with E-state index in [0.29, 0.717) is 24.5 Å². The number of aromatic carboxylic acids is 1. The molecule has 0 aliphatic heterocycles. The quantitative estimate of drug-likeness (QED) is 0.508. The lowest BCUT2D eigenvalue weighted by Crippen LogP contribution is -2.24. The van der Waals surface area contributed by atoms with Crippen LogP contribution in [0.2, 0.25) is 0 Å². The maximum Gasteiger partial charge on any atom is 0.339 e. The summed E-state index contributed by atoms with van der Waals surface area (Å²) in [7, 11) is 0. The Hall–Kier alpha value is -2.04. The Morgan fingerprint density at radius 1 is 1.00 bits per heavy atom. The number of hydrogen-bond donors (Lipinski definition) is 2. The van der Waals surface area contributed by atoms with Crippen molar-refractivity contribution in [2.24, 2.45) is 0 Å². The Balaban J connectivity index is 2.52. The van der Waals surface area contributed by atoms with E-state index in [-0.39, 0.29) is 11.5 Å². The third kappa shape index (κ3) is 8.05. The summed E-state index contributed by atoms with van der Waals surface area (Å²) in [5.74, 6) is -1.01. The van der Waals surface area contributed by atoms with Crippen LogP contribution in [-0.4, -0.2) is 30.1 Å². The fourth-order valence-corrected chi connectivity index (χ4v) is 2.50. The summed E-state index contributed by atoms with van der Waals surface area (Å²) in [5, 5.41) is 12.2. The van der Waals surface area contributed by atoms with Crippen LogP contribution in [0.25, 0.3) is 0 Å². The van der Waals surface area contributed by atoms with E-state index in [1.807, 2.05) is 6.92 Å². The molecule has 2 N–H and O–H groups in total. The summed E-state index contributed by atoms with van der Waals surface area (Å²) in [4.78, 5) is 23.6. The van der Waals surface area contributed by atoms with Gasteiger partial charge in [0.1, 0.15) is 11.3 Å². The van der Waals surface area contributed by atoms with Gasteiger partial charge in [-0.05, 0) is 31.0 Å². The normalized spacial score (nSPS) is 10.5. The molecule has 0 aliphatic carbocycles. The van der Waals surface area contributed by atoms with E-state index in [9.17, 15) is 14.7 Å². The van der Waals surface area contributed by atoms with Crippen LogP contribution in [0.15, 0.2) is 18.2 Å². The fraction of sp³-hybridized carbons (Fsp3) is 0.600. The second-order valence-electron chi connectivity index (χ2n) is 6.24. The van der Waals surface area contributed by atoms with Gasteiger partial charge < -0.3 is 15.2 Å². The third-order valence-electron chi connectivity index (χ3n) is 4.04. The van der Waals surface area contributed by atoms with Crippen LogP contribution in [-0.2, 0) is 0 Å². The Morgan fingerprint density at radius 2 is 1.68 bits per heavy atom. The van der Waals surface area contributed by atoms with Gasteiger partial charge in [0.2, 0.25) is 0 Å². The van der Waals surface area contributed by atoms with Crippen molar-refractivity contribution in [3.63, 3.8) is 0 Å². The molecule has 0 bridgehead atoms. The number of rotatable bonds is 13. The molecule has 5 nitrogen and oxygen atoms in total. The number of benzene rings is 1. The van der Waals surface area contributed by atoms with E-state index in [1.54, 1.807) is 12.1 Å². The number of carboxylic acids is 1. The first-order valence-corrected chi connectivity index (χ1v) is 9.38. The summed E-state index contributed by atoms with van der Waals surface area (Å²) >= 11 is 0. The van der Waals surface area contributed by atoms with Crippen molar-refractivity contribution in [2.45, 2.75) is 65.2 Å². The molecule has 0 saturated heterocycles. The van der Waals surface area contributed by atoms with Gasteiger partial charge >= 0.3 is 5.97 Å². The Labute approximate surface area is 150 Å². The van der Waals surface area contributed by atoms with Gasteiger partial charge in [0.15, 0.2) is 0 Å². The number of carboxylic acid groups (broad SMARTS) is 1. The van der Waals surface area contributed by atoms with E-state index < -0.39 is 5.97 Å². The average Bonchev–Trinajstić information content (AvgIpc) is 2.61. The second kappa shape index (κ2) is 12.3. The van der Waals surface area contributed by atoms with E-state index in [4.69, 9.17) is 4.74 Å². The predicted molar refractivity (Wildman–Crippen MR) is 99.5 cm³/mol. The van der Waals surface area contributed by atoms with Crippen LogP contribution in [0.5, 0.6) is 5.75 Å². The monoisotopic (exact) mass is 349 g/mol. The van der Waals surface area contributed by atoms with Gasteiger partial charge in [0, 0.05) is 12.1 Å². The molecule has 1 aromatic carbocycles. The number of nitrogens with one attached hydrogen (secondary N) is 1. The summed E-state index contributed by atoms with van der Waals surface area (Å²) in [6.07, 6.45) is 8.80. The van der Waals surface area contributed by atoms with Gasteiger partial charge in [-0.1, -0.05) is 52.4 Å². The first-order valence-electron chi connectivity index (χ1n) is 9.38. The van der Waals surface area contributed by atoms with Gasteiger partial charge in [-0.25, -0.2) is 4.79 Å². The fourth-order valence-electron chi connectivity index (χ4n) is 2.50. The number of ether oxygens (including phenoxy) is 1. The van der Waals surface area contributed by atoms with E-state index in [0.717, 1.165) is 25.7 Å². The molecule has 1 amide bonds. The smallest absolute Gasteiger partial charge is 0.339 e. The van der Waals surface area contributed by atoms with Gasteiger partial charge in [-0.3, -0.25) is 4.79 Å². The number of unbranched alkanes of at least 4 members (excludes halogenated alkanes) is 6. The maximum atomic E-state index is 12.2. The summed E-state index contributed by atoms with van der Waals surface area (Å²) in [6.45, 7) is 5.31. The third-order valence-corrected chi connectivity index (χ3v) is 4.04. The molecule has 0 atom stereocenters. The molecule has 0 spiro atoms. The molecule has 0 fully saturated rings. The molecular formula is C20H31NO4. The second-order valence-corrected chi connectivity index (χ2v) is 6.24. The first-order chi connectivity index (χ1) is 12.1. The first kappa shape index (κ1) is 21.0. The Morgan fingerprint density at radius 3 is 2.36 bits per heavy atom.